The molecule has 1 aromatic heterocycles. The van der Waals surface area contributed by atoms with Crippen LogP contribution in [0.25, 0.3) is 11.0 Å². The molecule has 1 fully saturated rings. The highest BCUT2D eigenvalue weighted by atomic mass is 35.5. The van der Waals surface area contributed by atoms with Gasteiger partial charge in [0.15, 0.2) is 0 Å². The first-order chi connectivity index (χ1) is 9.63. The third-order valence-electron chi connectivity index (χ3n) is 4.20. The monoisotopic (exact) mass is 309 g/mol. The second-order valence-corrected chi connectivity index (χ2v) is 5.56. The van der Waals surface area contributed by atoms with Crippen LogP contribution in [-0.2, 0) is 7.05 Å². The first-order valence-electron chi connectivity index (χ1n) is 6.96. The van der Waals surface area contributed by atoms with Crippen molar-refractivity contribution in [3.05, 3.63) is 23.8 Å². The normalized spacial score (nSPS) is 16.7. The van der Waals surface area contributed by atoms with Crippen molar-refractivity contribution < 1.29 is 4.79 Å². The molecule has 0 atom stereocenters. The summed E-state index contributed by atoms with van der Waals surface area (Å²) in [6, 6.07) is 5.45. The van der Waals surface area contributed by atoms with E-state index in [1.807, 2.05) is 13.1 Å². The van der Waals surface area contributed by atoms with Gasteiger partial charge in [-0.3, -0.25) is 4.79 Å². The molecule has 1 saturated carbocycles. The molecule has 2 aromatic rings. The molecule has 3 N–H and O–H groups in total. The Bertz CT molecular complexity index is 648. The molecule has 1 aliphatic rings. The fourth-order valence-corrected chi connectivity index (χ4v) is 2.93. The maximum Gasteiger partial charge on any atom is 0.251 e. The Balaban J connectivity index is 0.00000161. The van der Waals surface area contributed by atoms with Gasteiger partial charge in [0.05, 0.1) is 11.1 Å². The molecule has 1 aromatic carbocycles. The van der Waals surface area contributed by atoms with Crippen molar-refractivity contribution in [2.45, 2.75) is 31.2 Å². The second kappa shape index (κ2) is 5.99. The molecule has 0 saturated heterocycles. The van der Waals surface area contributed by atoms with Gasteiger partial charge in [-0.1, -0.05) is 18.1 Å². The fraction of sp³-hybridized carbons (Fsp3) is 0.500. The summed E-state index contributed by atoms with van der Waals surface area (Å²) in [6.07, 6.45) is 4.17. The fourth-order valence-electron chi connectivity index (χ4n) is 2.93. The highest BCUT2D eigenvalue weighted by molar-refractivity contribution is 5.97. The van der Waals surface area contributed by atoms with Crippen LogP contribution in [-0.4, -0.2) is 33.0 Å². The van der Waals surface area contributed by atoms with E-state index < -0.39 is 0 Å². The van der Waals surface area contributed by atoms with Crippen molar-refractivity contribution in [2.75, 3.05) is 6.54 Å². The predicted octanol–water partition coefficient (Wildman–Crippen LogP) is 1.39. The predicted molar refractivity (Wildman–Crippen MR) is 83.5 cm³/mol. The number of amides is 1. The summed E-state index contributed by atoms with van der Waals surface area (Å²) in [5.74, 6) is -0.0788. The van der Waals surface area contributed by atoms with Crippen molar-refractivity contribution in [1.82, 2.24) is 20.3 Å². The van der Waals surface area contributed by atoms with E-state index in [2.05, 4.69) is 15.6 Å². The number of nitrogens with zero attached hydrogens (tertiary/aromatic N) is 3. The number of halogens is 1. The van der Waals surface area contributed by atoms with Crippen LogP contribution in [0.1, 0.15) is 36.0 Å². The van der Waals surface area contributed by atoms with Crippen molar-refractivity contribution in [3.63, 3.8) is 0 Å². The number of aryl methyl sites for hydroxylation is 1. The number of carbonyl (C=O) groups excluding carboxylic acids is 1. The molecule has 114 valence electrons. The Kier molecular flexibility index (Phi) is 4.49. The molecular weight excluding hydrogens is 290 g/mol. The topological polar surface area (TPSA) is 85.8 Å². The molecule has 3 rings (SSSR count). The van der Waals surface area contributed by atoms with Gasteiger partial charge in [0.25, 0.3) is 5.91 Å². The first kappa shape index (κ1) is 15.7. The molecule has 0 aliphatic heterocycles. The van der Waals surface area contributed by atoms with E-state index >= 15 is 0 Å². The summed E-state index contributed by atoms with van der Waals surface area (Å²) in [7, 11) is 1.83. The number of rotatable bonds is 3. The Morgan fingerprint density at radius 2 is 2.14 bits per heavy atom. The van der Waals surface area contributed by atoms with E-state index in [4.69, 9.17) is 5.73 Å². The quantitative estimate of drug-likeness (QED) is 0.897. The van der Waals surface area contributed by atoms with Gasteiger partial charge in [-0.05, 0) is 31.0 Å². The minimum atomic E-state index is -0.228. The van der Waals surface area contributed by atoms with Crippen molar-refractivity contribution in [3.8, 4) is 0 Å². The molecule has 7 heteroatoms. The van der Waals surface area contributed by atoms with Gasteiger partial charge in [-0.25, -0.2) is 4.68 Å². The summed E-state index contributed by atoms with van der Waals surface area (Å²) in [5, 5.41) is 11.1. The number of fused-ring (bicyclic) bond motifs is 1. The van der Waals surface area contributed by atoms with Crippen LogP contribution in [0.3, 0.4) is 0 Å². The van der Waals surface area contributed by atoms with Gasteiger partial charge in [0.2, 0.25) is 0 Å². The van der Waals surface area contributed by atoms with Gasteiger partial charge >= 0.3 is 0 Å². The highest BCUT2D eigenvalue weighted by Gasteiger charge is 2.34. The number of carbonyl (C=O) groups is 1. The molecule has 1 amide bonds. The van der Waals surface area contributed by atoms with Gasteiger partial charge in [0, 0.05) is 19.2 Å². The standard InChI is InChI=1S/C14H19N5O.ClH/c1-19-12-5-4-10(8-11(12)17-18-19)13(20)16-14(9-15)6-2-3-7-14;/h4-5,8H,2-3,6-7,9,15H2,1H3,(H,16,20);1H. The van der Waals surface area contributed by atoms with Crippen LogP contribution in [0.15, 0.2) is 18.2 Å². The third kappa shape index (κ3) is 2.87. The number of benzene rings is 1. The largest absolute Gasteiger partial charge is 0.345 e. The Hall–Kier alpha value is -1.66. The zero-order valence-electron chi connectivity index (χ0n) is 12.0. The lowest BCUT2D eigenvalue weighted by atomic mass is 9.97. The Morgan fingerprint density at radius 3 is 2.81 bits per heavy atom. The van der Waals surface area contributed by atoms with Crippen LogP contribution in [0.2, 0.25) is 0 Å². The van der Waals surface area contributed by atoms with E-state index in [0.717, 1.165) is 36.7 Å². The van der Waals surface area contributed by atoms with Gasteiger partial charge < -0.3 is 11.1 Å². The van der Waals surface area contributed by atoms with Crippen LogP contribution in [0.5, 0.6) is 0 Å². The van der Waals surface area contributed by atoms with Crippen molar-refractivity contribution in [1.29, 1.82) is 0 Å². The van der Waals surface area contributed by atoms with Gasteiger partial charge in [-0.15, -0.1) is 17.5 Å². The Morgan fingerprint density at radius 1 is 1.43 bits per heavy atom. The SMILES string of the molecule is Cl.Cn1nnc2cc(C(=O)NC3(CN)CCCC3)ccc21. The summed E-state index contributed by atoms with van der Waals surface area (Å²) in [6.45, 7) is 0.492. The van der Waals surface area contributed by atoms with Crippen LogP contribution < -0.4 is 11.1 Å². The molecular formula is C14H20ClN5O. The zero-order valence-corrected chi connectivity index (χ0v) is 12.8. The molecule has 1 aliphatic carbocycles. The lowest BCUT2D eigenvalue weighted by Gasteiger charge is -2.28. The van der Waals surface area contributed by atoms with E-state index in [0.29, 0.717) is 12.1 Å². The number of hydrogen-bond donors (Lipinski definition) is 2. The summed E-state index contributed by atoms with van der Waals surface area (Å²) >= 11 is 0. The molecule has 0 spiro atoms. The summed E-state index contributed by atoms with van der Waals surface area (Å²) in [5.41, 5.74) is 7.87. The number of nitrogens with one attached hydrogen (secondary N) is 1. The van der Waals surface area contributed by atoms with Gasteiger partial charge in [-0.2, -0.15) is 0 Å². The third-order valence-corrected chi connectivity index (χ3v) is 4.20. The highest BCUT2D eigenvalue weighted by Crippen LogP contribution is 2.29. The maximum atomic E-state index is 12.4. The lowest BCUT2D eigenvalue weighted by Crippen LogP contribution is -2.51. The average Bonchev–Trinajstić information content (AvgIpc) is 3.07. The molecule has 0 bridgehead atoms. The summed E-state index contributed by atoms with van der Waals surface area (Å²) in [4.78, 5) is 12.4. The maximum absolute atomic E-state index is 12.4. The molecule has 0 unspecified atom stereocenters. The van der Waals surface area contributed by atoms with Crippen molar-refractivity contribution >= 4 is 29.3 Å². The zero-order chi connectivity index (χ0) is 14.2. The van der Waals surface area contributed by atoms with E-state index in [9.17, 15) is 4.79 Å². The van der Waals surface area contributed by atoms with Gasteiger partial charge in [0.1, 0.15) is 5.52 Å². The number of hydrogen-bond acceptors (Lipinski definition) is 4. The van der Waals surface area contributed by atoms with E-state index in [1.165, 1.54) is 0 Å². The minimum Gasteiger partial charge on any atom is -0.345 e. The Labute approximate surface area is 129 Å². The molecule has 0 radical (unpaired) electrons. The smallest absolute Gasteiger partial charge is 0.251 e. The van der Waals surface area contributed by atoms with Crippen LogP contribution >= 0.6 is 12.4 Å². The number of aromatic nitrogens is 3. The van der Waals surface area contributed by atoms with E-state index in [1.54, 1.807) is 16.8 Å². The average molecular weight is 310 g/mol. The molecule has 21 heavy (non-hydrogen) atoms. The van der Waals surface area contributed by atoms with E-state index in [-0.39, 0.29) is 23.9 Å². The molecule has 6 nitrogen and oxygen atoms in total. The minimum absolute atomic E-state index is 0. The lowest BCUT2D eigenvalue weighted by molar-refractivity contribution is 0.0903. The second-order valence-electron chi connectivity index (χ2n) is 5.56. The van der Waals surface area contributed by atoms with Crippen LogP contribution in [0, 0.1) is 0 Å². The first-order valence-corrected chi connectivity index (χ1v) is 6.96. The molecule has 1 heterocycles. The summed E-state index contributed by atoms with van der Waals surface area (Å²) < 4.78 is 1.69. The number of nitrogens with two attached hydrogens (primary N) is 1. The van der Waals surface area contributed by atoms with Crippen molar-refractivity contribution in [2.24, 2.45) is 12.8 Å². The van der Waals surface area contributed by atoms with Crippen LogP contribution in [0.4, 0.5) is 0 Å².